The lowest BCUT2D eigenvalue weighted by atomic mass is 10.1. The molecule has 1 aromatic carbocycles. The van der Waals surface area contributed by atoms with Crippen LogP contribution in [0.2, 0.25) is 0 Å². The normalized spacial score (nSPS) is 19.8. The molecule has 1 atom stereocenters. The summed E-state index contributed by atoms with van der Waals surface area (Å²) in [5.74, 6) is 0.874. The van der Waals surface area contributed by atoms with Gasteiger partial charge in [-0.05, 0) is 64.9 Å². The van der Waals surface area contributed by atoms with E-state index in [1.165, 1.54) is 12.8 Å². The van der Waals surface area contributed by atoms with Gasteiger partial charge in [-0.1, -0.05) is 12.1 Å². The standard InChI is InChI=1S/C14H19BrN6/c1-16-11-5-4-8-20(9-11)10-14-17-18-19-21(14)13-7-3-2-6-12(13)15/h2-3,6-7,11,16H,4-5,8-10H2,1H3. The van der Waals surface area contributed by atoms with Gasteiger partial charge in [0.2, 0.25) is 0 Å². The van der Waals surface area contributed by atoms with Crippen molar-refractivity contribution in [1.82, 2.24) is 30.4 Å². The molecule has 21 heavy (non-hydrogen) atoms. The van der Waals surface area contributed by atoms with E-state index < -0.39 is 0 Å². The van der Waals surface area contributed by atoms with Gasteiger partial charge in [0.05, 0.1) is 12.2 Å². The van der Waals surface area contributed by atoms with Gasteiger partial charge in [0.15, 0.2) is 5.82 Å². The average Bonchev–Trinajstić information content (AvgIpc) is 2.96. The molecule has 3 rings (SSSR count). The quantitative estimate of drug-likeness (QED) is 0.907. The van der Waals surface area contributed by atoms with E-state index in [-0.39, 0.29) is 0 Å². The molecule has 2 heterocycles. The third-order valence-electron chi connectivity index (χ3n) is 3.89. The van der Waals surface area contributed by atoms with E-state index in [1.807, 2.05) is 36.0 Å². The maximum absolute atomic E-state index is 4.20. The minimum absolute atomic E-state index is 0.562. The Morgan fingerprint density at radius 2 is 2.24 bits per heavy atom. The summed E-state index contributed by atoms with van der Waals surface area (Å²) in [6.45, 7) is 2.91. The summed E-state index contributed by atoms with van der Waals surface area (Å²) in [6.07, 6.45) is 2.45. The summed E-state index contributed by atoms with van der Waals surface area (Å²) in [5, 5.41) is 15.5. The summed E-state index contributed by atoms with van der Waals surface area (Å²) in [6, 6.07) is 8.55. The number of halogens is 1. The number of nitrogens with zero attached hydrogens (tertiary/aromatic N) is 5. The number of hydrogen-bond acceptors (Lipinski definition) is 5. The van der Waals surface area contributed by atoms with Gasteiger partial charge in [0.25, 0.3) is 0 Å². The zero-order valence-electron chi connectivity index (χ0n) is 12.0. The second-order valence-electron chi connectivity index (χ2n) is 5.32. The molecule has 1 saturated heterocycles. The maximum atomic E-state index is 4.20. The number of benzene rings is 1. The van der Waals surface area contributed by atoms with Crippen molar-refractivity contribution in [2.24, 2.45) is 0 Å². The van der Waals surface area contributed by atoms with Gasteiger partial charge < -0.3 is 5.32 Å². The van der Waals surface area contributed by atoms with Gasteiger partial charge in [-0.2, -0.15) is 4.68 Å². The van der Waals surface area contributed by atoms with Crippen molar-refractivity contribution in [3.05, 3.63) is 34.6 Å². The van der Waals surface area contributed by atoms with Crippen LogP contribution >= 0.6 is 15.9 Å². The van der Waals surface area contributed by atoms with Crippen molar-refractivity contribution in [2.75, 3.05) is 20.1 Å². The molecule has 7 heteroatoms. The molecule has 0 amide bonds. The van der Waals surface area contributed by atoms with E-state index in [4.69, 9.17) is 0 Å². The lowest BCUT2D eigenvalue weighted by Gasteiger charge is -2.31. The largest absolute Gasteiger partial charge is 0.316 e. The number of para-hydroxylation sites is 1. The van der Waals surface area contributed by atoms with Crippen LogP contribution in [-0.4, -0.2) is 51.3 Å². The van der Waals surface area contributed by atoms with Crippen LogP contribution in [0.4, 0.5) is 0 Å². The highest BCUT2D eigenvalue weighted by Gasteiger charge is 2.21. The monoisotopic (exact) mass is 350 g/mol. The Balaban J connectivity index is 1.78. The molecule has 0 saturated carbocycles. The molecular formula is C14H19BrN6. The maximum Gasteiger partial charge on any atom is 0.170 e. The first-order valence-electron chi connectivity index (χ1n) is 7.19. The lowest BCUT2D eigenvalue weighted by molar-refractivity contribution is 0.183. The van der Waals surface area contributed by atoms with Gasteiger partial charge in [0.1, 0.15) is 0 Å². The predicted molar refractivity (Wildman–Crippen MR) is 84.2 cm³/mol. The molecule has 0 aliphatic carbocycles. The van der Waals surface area contributed by atoms with E-state index in [1.54, 1.807) is 0 Å². The van der Waals surface area contributed by atoms with Crippen LogP contribution in [0.1, 0.15) is 18.7 Å². The Bertz CT molecular complexity index is 599. The highest BCUT2D eigenvalue weighted by molar-refractivity contribution is 9.10. The third kappa shape index (κ3) is 3.30. The molecule has 0 bridgehead atoms. The van der Waals surface area contributed by atoms with E-state index in [9.17, 15) is 0 Å². The van der Waals surface area contributed by atoms with E-state index in [0.717, 1.165) is 35.6 Å². The summed E-state index contributed by atoms with van der Waals surface area (Å²) < 4.78 is 2.80. The molecule has 0 spiro atoms. The van der Waals surface area contributed by atoms with Crippen molar-refractivity contribution in [3.8, 4) is 5.69 Å². The Hall–Kier alpha value is -1.31. The van der Waals surface area contributed by atoms with E-state index in [2.05, 4.69) is 41.7 Å². The van der Waals surface area contributed by atoms with Crippen molar-refractivity contribution in [3.63, 3.8) is 0 Å². The topological polar surface area (TPSA) is 58.9 Å². The molecule has 1 aliphatic heterocycles. The first-order chi connectivity index (χ1) is 10.3. The summed E-state index contributed by atoms with van der Waals surface area (Å²) in [7, 11) is 2.03. The number of nitrogens with one attached hydrogen (secondary N) is 1. The van der Waals surface area contributed by atoms with Crippen molar-refractivity contribution < 1.29 is 0 Å². The van der Waals surface area contributed by atoms with Gasteiger partial charge in [-0.25, -0.2) is 0 Å². The smallest absolute Gasteiger partial charge is 0.170 e. The second kappa shape index (κ2) is 6.64. The molecule has 0 radical (unpaired) electrons. The van der Waals surface area contributed by atoms with Gasteiger partial charge in [-0.3, -0.25) is 4.90 Å². The summed E-state index contributed by atoms with van der Waals surface area (Å²) in [5.41, 5.74) is 0.972. The molecule has 1 N–H and O–H groups in total. The third-order valence-corrected chi connectivity index (χ3v) is 4.56. The fourth-order valence-corrected chi connectivity index (χ4v) is 3.20. The van der Waals surface area contributed by atoms with Crippen LogP contribution in [-0.2, 0) is 6.54 Å². The molecular weight excluding hydrogens is 332 g/mol. The first-order valence-corrected chi connectivity index (χ1v) is 7.99. The van der Waals surface area contributed by atoms with Crippen LogP contribution < -0.4 is 5.32 Å². The number of tetrazole rings is 1. The van der Waals surface area contributed by atoms with Crippen LogP contribution in [0, 0.1) is 0 Å². The van der Waals surface area contributed by atoms with E-state index in [0.29, 0.717) is 6.04 Å². The number of likely N-dealkylation sites (N-methyl/N-ethyl adjacent to an activating group) is 1. The first kappa shape index (κ1) is 14.6. The number of aromatic nitrogens is 4. The van der Waals surface area contributed by atoms with Gasteiger partial charge >= 0.3 is 0 Å². The SMILES string of the molecule is CNC1CCCN(Cc2nnnn2-c2ccccc2Br)C1. The van der Waals surface area contributed by atoms with E-state index >= 15 is 0 Å². The van der Waals surface area contributed by atoms with Crippen LogP contribution in [0.25, 0.3) is 5.69 Å². The number of hydrogen-bond donors (Lipinski definition) is 1. The zero-order valence-corrected chi connectivity index (χ0v) is 13.6. The Labute approximate surface area is 132 Å². The summed E-state index contributed by atoms with van der Waals surface area (Å²) >= 11 is 3.56. The summed E-state index contributed by atoms with van der Waals surface area (Å²) in [4.78, 5) is 2.41. The minimum atomic E-state index is 0.562. The zero-order chi connectivity index (χ0) is 14.7. The van der Waals surface area contributed by atoms with Crippen molar-refractivity contribution >= 4 is 15.9 Å². The highest BCUT2D eigenvalue weighted by atomic mass is 79.9. The van der Waals surface area contributed by atoms with Gasteiger partial charge in [-0.15, -0.1) is 5.10 Å². The van der Waals surface area contributed by atoms with Crippen LogP contribution in [0.5, 0.6) is 0 Å². The predicted octanol–water partition coefficient (Wildman–Crippen LogP) is 1.61. The van der Waals surface area contributed by atoms with Crippen molar-refractivity contribution in [2.45, 2.75) is 25.4 Å². The van der Waals surface area contributed by atoms with Crippen LogP contribution in [0.3, 0.4) is 0 Å². The van der Waals surface area contributed by atoms with Crippen LogP contribution in [0.15, 0.2) is 28.7 Å². The lowest BCUT2D eigenvalue weighted by Crippen LogP contribution is -2.44. The van der Waals surface area contributed by atoms with Gasteiger partial charge in [0, 0.05) is 17.1 Å². The Morgan fingerprint density at radius 3 is 3.05 bits per heavy atom. The molecule has 1 unspecified atom stereocenters. The fourth-order valence-electron chi connectivity index (χ4n) is 2.75. The molecule has 112 valence electrons. The Morgan fingerprint density at radius 1 is 1.38 bits per heavy atom. The Kier molecular flexibility index (Phi) is 4.62. The number of piperidine rings is 1. The molecule has 6 nitrogen and oxygen atoms in total. The fraction of sp³-hybridized carbons (Fsp3) is 0.500. The second-order valence-corrected chi connectivity index (χ2v) is 6.18. The number of rotatable bonds is 4. The number of likely N-dealkylation sites (tertiary alicyclic amines) is 1. The molecule has 1 aromatic heterocycles. The molecule has 1 fully saturated rings. The minimum Gasteiger partial charge on any atom is -0.316 e. The van der Waals surface area contributed by atoms with Crippen molar-refractivity contribution in [1.29, 1.82) is 0 Å². The molecule has 1 aliphatic rings. The highest BCUT2D eigenvalue weighted by Crippen LogP contribution is 2.21. The molecule has 2 aromatic rings. The average molecular weight is 351 g/mol.